The summed E-state index contributed by atoms with van der Waals surface area (Å²) in [5.74, 6) is 0. The SMILES string of the molecule is N#CC1c2cccn2-c2sccc2N1S(=O)(=O)c1ccccc1. The molecule has 3 heterocycles. The average Bonchev–Trinajstić information content (AvgIpc) is 3.22. The molecule has 0 fully saturated rings. The highest BCUT2D eigenvalue weighted by molar-refractivity contribution is 7.92. The number of nitriles is 1. The number of hydrogen-bond acceptors (Lipinski definition) is 4. The topological polar surface area (TPSA) is 66.1 Å². The lowest BCUT2D eigenvalue weighted by atomic mass is 10.2. The Morgan fingerprint density at radius 1 is 1.09 bits per heavy atom. The predicted molar refractivity (Wildman–Crippen MR) is 88.1 cm³/mol. The predicted octanol–water partition coefficient (Wildman–Crippen LogP) is 3.31. The molecule has 0 amide bonds. The standard InChI is InChI=1S/C16H11N3O2S2/c17-11-15-13-7-4-9-18(13)16-14(8-10-22-16)19(15)23(20,21)12-5-2-1-3-6-12/h1-10,15H. The van der Waals surface area contributed by atoms with Crippen molar-refractivity contribution in [1.82, 2.24) is 4.57 Å². The zero-order valence-electron chi connectivity index (χ0n) is 11.8. The minimum atomic E-state index is -3.82. The Morgan fingerprint density at radius 3 is 2.61 bits per heavy atom. The van der Waals surface area contributed by atoms with Crippen LogP contribution in [0.4, 0.5) is 5.69 Å². The summed E-state index contributed by atoms with van der Waals surface area (Å²) >= 11 is 1.45. The highest BCUT2D eigenvalue weighted by Gasteiger charge is 2.40. The van der Waals surface area contributed by atoms with Gasteiger partial charge in [0.1, 0.15) is 5.00 Å². The van der Waals surface area contributed by atoms with Gasteiger partial charge in [0.2, 0.25) is 0 Å². The molecule has 0 aliphatic carbocycles. The quantitative estimate of drug-likeness (QED) is 0.718. The van der Waals surface area contributed by atoms with E-state index >= 15 is 0 Å². The van der Waals surface area contributed by atoms with E-state index in [9.17, 15) is 13.7 Å². The van der Waals surface area contributed by atoms with Crippen LogP contribution in [0, 0.1) is 11.3 Å². The van der Waals surface area contributed by atoms with E-state index in [1.165, 1.54) is 15.6 Å². The summed E-state index contributed by atoms with van der Waals surface area (Å²) < 4.78 is 29.3. The van der Waals surface area contributed by atoms with Crippen LogP contribution in [0.25, 0.3) is 5.00 Å². The molecule has 4 rings (SSSR count). The summed E-state index contributed by atoms with van der Waals surface area (Å²) in [6.07, 6.45) is 1.85. The van der Waals surface area contributed by atoms with E-state index in [1.54, 1.807) is 42.5 Å². The van der Waals surface area contributed by atoms with Crippen molar-refractivity contribution in [2.24, 2.45) is 0 Å². The molecule has 23 heavy (non-hydrogen) atoms. The molecule has 5 nitrogen and oxygen atoms in total. The van der Waals surface area contributed by atoms with Crippen molar-refractivity contribution in [1.29, 1.82) is 5.26 Å². The molecule has 2 aromatic heterocycles. The van der Waals surface area contributed by atoms with Crippen LogP contribution in [0.2, 0.25) is 0 Å². The fraction of sp³-hybridized carbons (Fsp3) is 0.0625. The lowest BCUT2D eigenvalue weighted by Gasteiger charge is -2.33. The fourth-order valence-electron chi connectivity index (χ4n) is 2.80. The number of rotatable bonds is 2. The molecule has 1 aromatic carbocycles. The van der Waals surface area contributed by atoms with Gasteiger partial charge in [0.05, 0.1) is 22.3 Å². The molecule has 1 atom stereocenters. The molecule has 1 aliphatic heterocycles. The summed E-state index contributed by atoms with van der Waals surface area (Å²) in [5, 5.41) is 12.3. The fourth-order valence-corrected chi connectivity index (χ4v) is 5.31. The maximum atomic E-state index is 13.1. The van der Waals surface area contributed by atoms with Crippen LogP contribution >= 0.6 is 11.3 Å². The van der Waals surface area contributed by atoms with Gasteiger partial charge in [0, 0.05) is 6.20 Å². The Morgan fingerprint density at radius 2 is 1.87 bits per heavy atom. The van der Waals surface area contributed by atoms with Crippen LogP contribution in [0.5, 0.6) is 0 Å². The second-order valence-corrected chi connectivity index (χ2v) is 7.77. The van der Waals surface area contributed by atoms with Gasteiger partial charge in [-0.15, -0.1) is 11.3 Å². The van der Waals surface area contributed by atoms with Gasteiger partial charge in [-0.2, -0.15) is 5.26 Å². The largest absolute Gasteiger partial charge is 0.307 e. The average molecular weight is 341 g/mol. The van der Waals surface area contributed by atoms with Crippen LogP contribution in [-0.4, -0.2) is 13.0 Å². The van der Waals surface area contributed by atoms with Crippen molar-refractivity contribution in [3.8, 4) is 11.1 Å². The Labute approximate surface area is 137 Å². The zero-order chi connectivity index (χ0) is 16.0. The second-order valence-electron chi connectivity index (χ2n) is 5.06. The highest BCUT2D eigenvalue weighted by Crippen LogP contribution is 2.44. The first-order valence-corrected chi connectivity index (χ1v) is 9.21. The van der Waals surface area contributed by atoms with Crippen molar-refractivity contribution in [2.75, 3.05) is 4.31 Å². The summed E-state index contributed by atoms with van der Waals surface area (Å²) in [4.78, 5) is 0.178. The van der Waals surface area contributed by atoms with Crippen molar-refractivity contribution in [3.63, 3.8) is 0 Å². The Kier molecular flexibility index (Phi) is 3.04. The molecule has 0 N–H and O–H groups in total. The number of hydrogen-bond donors (Lipinski definition) is 0. The normalized spacial score (nSPS) is 16.5. The molecule has 1 unspecified atom stereocenters. The third kappa shape index (κ3) is 1.92. The van der Waals surface area contributed by atoms with E-state index in [1.807, 2.05) is 22.2 Å². The molecule has 0 spiro atoms. The third-order valence-corrected chi connectivity index (χ3v) is 6.49. The van der Waals surface area contributed by atoms with E-state index in [0.717, 1.165) is 5.00 Å². The number of thiophene rings is 1. The van der Waals surface area contributed by atoms with Gasteiger partial charge < -0.3 is 4.57 Å². The van der Waals surface area contributed by atoms with Crippen LogP contribution in [-0.2, 0) is 10.0 Å². The molecule has 7 heteroatoms. The van der Waals surface area contributed by atoms with Gasteiger partial charge in [-0.1, -0.05) is 18.2 Å². The van der Waals surface area contributed by atoms with Gasteiger partial charge in [0.25, 0.3) is 10.0 Å². The van der Waals surface area contributed by atoms with Gasteiger partial charge in [0.15, 0.2) is 6.04 Å². The minimum Gasteiger partial charge on any atom is -0.307 e. The van der Waals surface area contributed by atoms with Crippen LogP contribution in [0.1, 0.15) is 11.7 Å². The maximum Gasteiger partial charge on any atom is 0.265 e. The summed E-state index contributed by atoms with van der Waals surface area (Å²) in [5.41, 5.74) is 1.19. The zero-order valence-corrected chi connectivity index (χ0v) is 13.5. The molecular formula is C16H11N3O2S2. The van der Waals surface area contributed by atoms with Crippen molar-refractivity contribution in [3.05, 3.63) is 65.8 Å². The molecule has 1 aliphatic rings. The van der Waals surface area contributed by atoms with Crippen molar-refractivity contribution < 1.29 is 8.42 Å². The van der Waals surface area contributed by atoms with E-state index in [0.29, 0.717) is 11.4 Å². The number of benzene rings is 1. The molecular weight excluding hydrogens is 330 g/mol. The first-order chi connectivity index (χ1) is 11.1. The Balaban J connectivity index is 1.98. The van der Waals surface area contributed by atoms with E-state index < -0.39 is 16.1 Å². The molecule has 114 valence electrons. The Hall–Kier alpha value is -2.56. The molecule has 0 saturated heterocycles. The van der Waals surface area contributed by atoms with Crippen LogP contribution < -0.4 is 4.31 Å². The molecule has 0 radical (unpaired) electrons. The van der Waals surface area contributed by atoms with Gasteiger partial charge in [-0.05, 0) is 35.7 Å². The minimum absolute atomic E-state index is 0.178. The first-order valence-electron chi connectivity index (χ1n) is 6.89. The van der Waals surface area contributed by atoms with E-state index in [4.69, 9.17) is 0 Å². The van der Waals surface area contributed by atoms with Crippen LogP contribution in [0.15, 0.2) is 65.0 Å². The molecule has 3 aromatic rings. The summed E-state index contributed by atoms with van der Waals surface area (Å²) in [6, 6.07) is 14.8. The number of fused-ring (bicyclic) bond motifs is 3. The lowest BCUT2D eigenvalue weighted by Crippen LogP contribution is -2.38. The number of aromatic nitrogens is 1. The van der Waals surface area contributed by atoms with Gasteiger partial charge in [-0.3, -0.25) is 0 Å². The smallest absolute Gasteiger partial charge is 0.265 e. The summed E-state index contributed by atoms with van der Waals surface area (Å²) in [6.45, 7) is 0. The van der Waals surface area contributed by atoms with Crippen molar-refractivity contribution >= 4 is 27.0 Å². The number of sulfonamides is 1. The summed E-state index contributed by atoms with van der Waals surface area (Å²) in [7, 11) is -3.82. The van der Waals surface area contributed by atoms with Gasteiger partial charge in [-0.25, -0.2) is 12.7 Å². The van der Waals surface area contributed by atoms with Crippen LogP contribution in [0.3, 0.4) is 0 Å². The molecule has 0 saturated carbocycles. The van der Waals surface area contributed by atoms with Gasteiger partial charge >= 0.3 is 0 Å². The number of anilines is 1. The Bertz CT molecular complexity index is 1010. The first kappa shape index (κ1) is 14.1. The van der Waals surface area contributed by atoms with E-state index in [-0.39, 0.29) is 4.90 Å². The number of nitrogens with zero attached hydrogens (tertiary/aromatic N) is 3. The second kappa shape index (κ2) is 4.98. The third-order valence-electron chi connectivity index (χ3n) is 3.80. The van der Waals surface area contributed by atoms with Crippen molar-refractivity contribution in [2.45, 2.75) is 10.9 Å². The maximum absolute atomic E-state index is 13.1. The monoisotopic (exact) mass is 341 g/mol. The van der Waals surface area contributed by atoms with E-state index in [2.05, 4.69) is 6.07 Å². The molecule has 0 bridgehead atoms. The lowest BCUT2D eigenvalue weighted by molar-refractivity contribution is 0.584. The highest BCUT2D eigenvalue weighted by atomic mass is 32.2.